The minimum Gasteiger partial charge on any atom is -0.314 e. The van der Waals surface area contributed by atoms with Crippen LogP contribution in [0.4, 0.5) is 0 Å². The first-order chi connectivity index (χ1) is 8.23. The van der Waals surface area contributed by atoms with Crippen molar-refractivity contribution in [1.29, 1.82) is 0 Å². The van der Waals surface area contributed by atoms with E-state index < -0.39 is 0 Å². The van der Waals surface area contributed by atoms with Gasteiger partial charge in [-0.25, -0.2) is 0 Å². The molecule has 0 aromatic rings. The lowest BCUT2D eigenvalue weighted by molar-refractivity contribution is 0.139. The molecule has 0 heterocycles. The van der Waals surface area contributed by atoms with Gasteiger partial charge in [0.1, 0.15) is 0 Å². The summed E-state index contributed by atoms with van der Waals surface area (Å²) in [6, 6.07) is 0.651. The molecule has 2 fully saturated rings. The van der Waals surface area contributed by atoms with E-state index in [2.05, 4.69) is 19.2 Å². The van der Waals surface area contributed by atoms with Crippen LogP contribution >= 0.6 is 0 Å². The highest BCUT2D eigenvalue weighted by Gasteiger charge is 2.40. The lowest BCUT2D eigenvalue weighted by Gasteiger charge is -2.38. The third-order valence-electron chi connectivity index (χ3n) is 5.18. The molecule has 0 saturated heterocycles. The number of rotatable bonds is 4. The minimum atomic E-state index is 0.651. The zero-order valence-electron chi connectivity index (χ0n) is 11.9. The van der Waals surface area contributed by atoms with Crippen molar-refractivity contribution in [2.75, 3.05) is 6.54 Å². The quantitative estimate of drug-likeness (QED) is 0.709. The van der Waals surface area contributed by atoms with Gasteiger partial charge in [-0.15, -0.1) is 0 Å². The average Bonchev–Trinajstić information content (AvgIpc) is 2.62. The largest absolute Gasteiger partial charge is 0.314 e. The van der Waals surface area contributed by atoms with Gasteiger partial charge in [0.05, 0.1) is 0 Å². The van der Waals surface area contributed by atoms with Crippen molar-refractivity contribution >= 4 is 0 Å². The molecule has 2 rings (SSSR count). The van der Waals surface area contributed by atoms with Gasteiger partial charge >= 0.3 is 0 Å². The van der Waals surface area contributed by atoms with Gasteiger partial charge in [-0.05, 0) is 37.0 Å². The van der Waals surface area contributed by atoms with E-state index in [1.165, 1.54) is 70.8 Å². The SMILES string of the molecule is CC(C)NCC1(C2CCCCCC2)CCCC1. The van der Waals surface area contributed by atoms with Crippen LogP contribution in [-0.2, 0) is 0 Å². The molecule has 0 spiro atoms. The molecule has 2 aliphatic rings. The predicted molar refractivity (Wildman–Crippen MR) is 75.2 cm³/mol. The molecule has 2 saturated carbocycles. The Bertz CT molecular complexity index is 208. The van der Waals surface area contributed by atoms with Crippen molar-refractivity contribution in [2.24, 2.45) is 11.3 Å². The van der Waals surface area contributed by atoms with Gasteiger partial charge < -0.3 is 5.32 Å². The molecule has 0 amide bonds. The fourth-order valence-electron chi connectivity index (χ4n) is 4.11. The van der Waals surface area contributed by atoms with E-state index in [1.807, 2.05) is 0 Å². The fraction of sp³-hybridized carbons (Fsp3) is 1.00. The first-order valence-corrected chi connectivity index (χ1v) is 7.96. The van der Waals surface area contributed by atoms with Crippen LogP contribution in [0.3, 0.4) is 0 Å². The number of nitrogens with one attached hydrogen (secondary N) is 1. The van der Waals surface area contributed by atoms with Crippen molar-refractivity contribution < 1.29 is 0 Å². The normalized spacial score (nSPS) is 26.3. The average molecular weight is 237 g/mol. The van der Waals surface area contributed by atoms with E-state index in [0.717, 1.165) is 5.92 Å². The predicted octanol–water partition coefficient (Wildman–Crippen LogP) is 4.52. The third kappa shape index (κ3) is 3.47. The van der Waals surface area contributed by atoms with Crippen LogP contribution in [0.15, 0.2) is 0 Å². The molecule has 100 valence electrons. The first kappa shape index (κ1) is 13.4. The van der Waals surface area contributed by atoms with Crippen LogP contribution in [0.25, 0.3) is 0 Å². The zero-order chi connectivity index (χ0) is 12.1. The standard InChI is InChI=1S/C16H31N/c1-14(2)17-13-16(11-7-8-12-16)15-9-5-3-4-6-10-15/h14-15,17H,3-13H2,1-2H3. The van der Waals surface area contributed by atoms with Crippen molar-refractivity contribution in [3.63, 3.8) is 0 Å². The summed E-state index contributed by atoms with van der Waals surface area (Å²) >= 11 is 0. The fourth-order valence-corrected chi connectivity index (χ4v) is 4.11. The second-order valence-corrected chi connectivity index (χ2v) is 6.79. The topological polar surface area (TPSA) is 12.0 Å². The lowest BCUT2D eigenvalue weighted by atomic mass is 9.70. The van der Waals surface area contributed by atoms with Crippen LogP contribution in [-0.4, -0.2) is 12.6 Å². The van der Waals surface area contributed by atoms with Gasteiger partial charge in [0.25, 0.3) is 0 Å². The number of hydrogen-bond acceptors (Lipinski definition) is 1. The summed E-state index contributed by atoms with van der Waals surface area (Å²) in [6.07, 6.45) is 15.0. The van der Waals surface area contributed by atoms with Crippen LogP contribution in [0.2, 0.25) is 0 Å². The van der Waals surface area contributed by atoms with E-state index >= 15 is 0 Å². The Morgan fingerprint density at radius 1 is 0.941 bits per heavy atom. The molecule has 1 N–H and O–H groups in total. The first-order valence-electron chi connectivity index (χ1n) is 7.96. The summed E-state index contributed by atoms with van der Waals surface area (Å²) in [4.78, 5) is 0. The van der Waals surface area contributed by atoms with Gasteiger partial charge in [-0.3, -0.25) is 0 Å². The highest BCUT2D eigenvalue weighted by Crippen LogP contribution is 2.48. The molecule has 0 radical (unpaired) electrons. The molecule has 17 heavy (non-hydrogen) atoms. The maximum absolute atomic E-state index is 3.75. The second kappa shape index (κ2) is 6.22. The van der Waals surface area contributed by atoms with Gasteiger partial charge in [0.15, 0.2) is 0 Å². The molecule has 0 aliphatic heterocycles. The number of hydrogen-bond donors (Lipinski definition) is 1. The van der Waals surface area contributed by atoms with Gasteiger partial charge in [-0.2, -0.15) is 0 Å². The molecule has 2 aliphatic carbocycles. The summed E-state index contributed by atoms with van der Waals surface area (Å²) < 4.78 is 0. The third-order valence-corrected chi connectivity index (χ3v) is 5.18. The molecule has 1 nitrogen and oxygen atoms in total. The van der Waals surface area contributed by atoms with Gasteiger partial charge in [-0.1, -0.05) is 52.4 Å². The van der Waals surface area contributed by atoms with E-state index in [9.17, 15) is 0 Å². The van der Waals surface area contributed by atoms with Crippen molar-refractivity contribution in [3.8, 4) is 0 Å². The monoisotopic (exact) mass is 237 g/mol. The zero-order valence-corrected chi connectivity index (χ0v) is 11.9. The minimum absolute atomic E-state index is 0.651. The molecule has 0 unspecified atom stereocenters. The molecule has 0 atom stereocenters. The molecular formula is C16H31N. The van der Waals surface area contributed by atoms with E-state index in [0.29, 0.717) is 11.5 Å². The summed E-state index contributed by atoms with van der Waals surface area (Å²) in [5, 5.41) is 3.75. The Labute approximate surface area is 108 Å². The summed E-state index contributed by atoms with van der Waals surface area (Å²) in [7, 11) is 0. The van der Waals surface area contributed by atoms with E-state index in [4.69, 9.17) is 0 Å². The summed E-state index contributed by atoms with van der Waals surface area (Å²) in [5.74, 6) is 1.03. The molecule has 0 aromatic heterocycles. The van der Waals surface area contributed by atoms with E-state index in [-0.39, 0.29) is 0 Å². The molecule has 0 bridgehead atoms. The van der Waals surface area contributed by atoms with Crippen molar-refractivity contribution in [2.45, 2.75) is 84.1 Å². The summed E-state index contributed by atoms with van der Waals surface area (Å²) in [5.41, 5.74) is 0.675. The lowest BCUT2D eigenvalue weighted by Crippen LogP contribution is -2.40. The van der Waals surface area contributed by atoms with Crippen molar-refractivity contribution in [3.05, 3.63) is 0 Å². The maximum atomic E-state index is 3.75. The smallest absolute Gasteiger partial charge is 0.00128 e. The van der Waals surface area contributed by atoms with Crippen molar-refractivity contribution in [1.82, 2.24) is 5.32 Å². The van der Waals surface area contributed by atoms with Crippen LogP contribution in [0.5, 0.6) is 0 Å². The van der Waals surface area contributed by atoms with E-state index in [1.54, 1.807) is 0 Å². The Hall–Kier alpha value is -0.0400. The highest BCUT2D eigenvalue weighted by atomic mass is 14.9. The second-order valence-electron chi connectivity index (χ2n) is 6.79. The van der Waals surface area contributed by atoms with Crippen LogP contribution < -0.4 is 5.32 Å². The Kier molecular flexibility index (Phi) is 4.90. The summed E-state index contributed by atoms with van der Waals surface area (Å²) in [6.45, 7) is 5.86. The molecule has 0 aromatic carbocycles. The molecular weight excluding hydrogens is 206 g/mol. The maximum Gasteiger partial charge on any atom is 0.00128 e. The highest BCUT2D eigenvalue weighted by molar-refractivity contribution is 4.93. The Balaban J connectivity index is 1.98. The van der Waals surface area contributed by atoms with Gasteiger partial charge in [0.2, 0.25) is 0 Å². The van der Waals surface area contributed by atoms with Gasteiger partial charge in [0, 0.05) is 12.6 Å². The Morgan fingerprint density at radius 2 is 1.53 bits per heavy atom. The Morgan fingerprint density at radius 3 is 2.06 bits per heavy atom. The van der Waals surface area contributed by atoms with Crippen LogP contribution in [0, 0.1) is 11.3 Å². The van der Waals surface area contributed by atoms with Crippen LogP contribution in [0.1, 0.15) is 78.1 Å². The molecule has 1 heteroatoms.